The van der Waals surface area contributed by atoms with Crippen molar-refractivity contribution in [2.45, 2.75) is 46.4 Å². The molecule has 0 heterocycles. The van der Waals surface area contributed by atoms with E-state index in [1.807, 2.05) is 0 Å². The van der Waals surface area contributed by atoms with Gasteiger partial charge in [-0.05, 0) is 44.9 Å². The van der Waals surface area contributed by atoms with Crippen molar-refractivity contribution in [2.75, 3.05) is 13.3 Å². The number of halogens is 1. The molecule has 0 fully saturated rings. The minimum Gasteiger partial charge on any atom is -0.425 e. The monoisotopic (exact) mass is 419 g/mol. The third kappa shape index (κ3) is 9.27. The van der Waals surface area contributed by atoms with Gasteiger partial charge in [-0.15, -0.1) is 0 Å². The van der Waals surface area contributed by atoms with E-state index in [4.69, 9.17) is 25.6 Å². The summed E-state index contributed by atoms with van der Waals surface area (Å²) in [4.78, 5) is 24.0. The highest BCUT2D eigenvalue weighted by molar-refractivity contribution is 7.38. The maximum atomic E-state index is 12.2. The highest BCUT2D eigenvalue weighted by Crippen LogP contribution is 2.23. The molecule has 0 radical (unpaired) electrons. The van der Waals surface area contributed by atoms with Crippen LogP contribution in [0.4, 0.5) is 4.79 Å². The van der Waals surface area contributed by atoms with Crippen LogP contribution in [0.15, 0.2) is 24.3 Å². The van der Waals surface area contributed by atoms with Crippen LogP contribution in [0, 0.1) is 5.41 Å². The topological polar surface area (TPSA) is 90.9 Å². The Morgan fingerprint density at radius 2 is 1.78 bits per heavy atom. The third-order valence-electron chi connectivity index (χ3n) is 3.43. The van der Waals surface area contributed by atoms with Crippen LogP contribution in [0.5, 0.6) is 0 Å². The number of nitrogens with one attached hydrogen (secondary N) is 1. The number of amides is 1. The first kappa shape index (κ1) is 23.5. The zero-order valence-corrected chi connectivity index (χ0v) is 18.0. The fourth-order valence-electron chi connectivity index (χ4n) is 2.02. The van der Waals surface area contributed by atoms with Crippen LogP contribution in [-0.4, -0.2) is 31.6 Å². The number of esters is 1. The molecule has 27 heavy (non-hydrogen) atoms. The first-order valence-corrected chi connectivity index (χ1v) is 10.8. The lowest BCUT2D eigenvalue weighted by atomic mass is 9.97. The molecule has 7 nitrogen and oxygen atoms in total. The Morgan fingerprint density at radius 1 is 1.19 bits per heavy atom. The van der Waals surface area contributed by atoms with E-state index in [1.165, 1.54) is 13.6 Å². The number of ether oxygens (including phenoxy) is 2. The molecule has 0 aliphatic heterocycles. The number of carbonyl (C=O) groups excluding carboxylic acids is 2. The zero-order valence-electron chi connectivity index (χ0n) is 16.2. The van der Waals surface area contributed by atoms with Gasteiger partial charge in [-0.1, -0.05) is 23.7 Å². The minimum atomic E-state index is -2.06. The standard InChI is InChI=1S/C18H27ClNO6P/c1-12(25-16(21)18(2,3)4)26-17(22)20-15(10-11-24-27(5)23)13-6-8-14(19)9-7-13/h6-9,12,15,27H,10-11H2,1-5H3,(H,20,22). The van der Waals surface area contributed by atoms with Gasteiger partial charge in [0.25, 0.3) is 0 Å². The van der Waals surface area contributed by atoms with Crippen LogP contribution in [0.3, 0.4) is 0 Å². The molecule has 1 N–H and O–H groups in total. The zero-order chi connectivity index (χ0) is 20.6. The van der Waals surface area contributed by atoms with Crippen molar-refractivity contribution in [3.63, 3.8) is 0 Å². The van der Waals surface area contributed by atoms with Gasteiger partial charge in [0, 0.05) is 18.6 Å². The fraction of sp³-hybridized carbons (Fsp3) is 0.556. The molecule has 0 aromatic heterocycles. The van der Waals surface area contributed by atoms with E-state index >= 15 is 0 Å². The molecule has 0 spiro atoms. The summed E-state index contributed by atoms with van der Waals surface area (Å²) in [5.41, 5.74) is 0.0878. The van der Waals surface area contributed by atoms with E-state index < -0.39 is 37.8 Å². The van der Waals surface area contributed by atoms with Crippen molar-refractivity contribution in [1.29, 1.82) is 0 Å². The molecule has 0 aliphatic rings. The summed E-state index contributed by atoms with van der Waals surface area (Å²) in [6, 6.07) is 6.50. The van der Waals surface area contributed by atoms with Crippen molar-refractivity contribution < 1.29 is 28.2 Å². The maximum Gasteiger partial charge on any atom is 0.410 e. The van der Waals surface area contributed by atoms with Crippen LogP contribution < -0.4 is 5.32 Å². The molecule has 0 saturated carbocycles. The second-order valence-electron chi connectivity index (χ2n) is 7.01. The predicted molar refractivity (Wildman–Crippen MR) is 104 cm³/mol. The Labute approximate surface area is 165 Å². The quantitative estimate of drug-likeness (QED) is 0.377. The van der Waals surface area contributed by atoms with E-state index in [9.17, 15) is 14.2 Å². The van der Waals surface area contributed by atoms with Crippen molar-refractivity contribution >= 4 is 31.7 Å². The number of hydrogen-bond acceptors (Lipinski definition) is 6. The largest absolute Gasteiger partial charge is 0.425 e. The second-order valence-corrected chi connectivity index (χ2v) is 8.71. The molecule has 1 amide bonds. The van der Waals surface area contributed by atoms with Crippen LogP contribution >= 0.6 is 19.6 Å². The molecule has 3 unspecified atom stereocenters. The number of benzene rings is 1. The van der Waals surface area contributed by atoms with E-state index in [1.54, 1.807) is 45.0 Å². The van der Waals surface area contributed by atoms with Crippen LogP contribution in [0.2, 0.25) is 5.02 Å². The lowest BCUT2D eigenvalue weighted by Crippen LogP contribution is -2.35. The Balaban J connectivity index is 2.70. The van der Waals surface area contributed by atoms with Gasteiger partial charge in [-0.2, -0.15) is 0 Å². The summed E-state index contributed by atoms with van der Waals surface area (Å²) in [6.45, 7) is 8.28. The number of carbonyl (C=O) groups is 2. The van der Waals surface area contributed by atoms with Gasteiger partial charge >= 0.3 is 12.1 Å². The fourth-order valence-corrected chi connectivity index (χ4v) is 2.55. The molecule has 3 atom stereocenters. The molecule has 0 aliphatic carbocycles. The summed E-state index contributed by atoms with van der Waals surface area (Å²) in [6.07, 6.45) is -1.39. The highest BCUT2D eigenvalue weighted by atomic mass is 35.5. The predicted octanol–water partition coefficient (Wildman–Crippen LogP) is 4.55. The summed E-state index contributed by atoms with van der Waals surface area (Å²) in [5.74, 6) is -0.474. The van der Waals surface area contributed by atoms with Gasteiger partial charge in [-0.25, -0.2) is 4.79 Å². The van der Waals surface area contributed by atoms with E-state index in [0.717, 1.165) is 5.56 Å². The number of alkyl carbamates (subject to hydrolysis) is 1. The van der Waals surface area contributed by atoms with Gasteiger partial charge in [-0.3, -0.25) is 9.36 Å². The first-order chi connectivity index (χ1) is 12.5. The van der Waals surface area contributed by atoms with Gasteiger partial charge in [0.1, 0.15) is 0 Å². The van der Waals surface area contributed by atoms with E-state index in [-0.39, 0.29) is 6.61 Å². The Bertz CT molecular complexity index is 659. The van der Waals surface area contributed by atoms with Crippen LogP contribution in [0.1, 0.15) is 45.7 Å². The summed E-state index contributed by atoms with van der Waals surface area (Å²) in [5, 5.41) is 3.27. The van der Waals surface area contributed by atoms with Gasteiger partial charge in [0.05, 0.1) is 18.1 Å². The highest BCUT2D eigenvalue weighted by Gasteiger charge is 2.26. The average Bonchev–Trinajstić information content (AvgIpc) is 2.53. The third-order valence-corrected chi connectivity index (χ3v) is 4.30. The van der Waals surface area contributed by atoms with Gasteiger partial charge in [0.15, 0.2) is 8.03 Å². The summed E-state index contributed by atoms with van der Waals surface area (Å²) in [7, 11) is -2.06. The normalized spacial score (nSPS) is 14.7. The molecule has 0 saturated heterocycles. The Hall–Kier alpha value is -1.56. The molecular weight excluding hydrogens is 393 g/mol. The number of hydrogen-bond donors (Lipinski definition) is 1. The van der Waals surface area contributed by atoms with E-state index in [0.29, 0.717) is 11.4 Å². The molecule has 152 valence electrons. The first-order valence-electron chi connectivity index (χ1n) is 8.56. The molecule has 1 rings (SSSR count). The molecular formula is C18H27ClNO6P. The summed E-state index contributed by atoms with van der Waals surface area (Å²) >= 11 is 5.90. The van der Waals surface area contributed by atoms with E-state index in [2.05, 4.69) is 5.32 Å². The second kappa shape index (κ2) is 10.7. The maximum absolute atomic E-state index is 12.2. The van der Waals surface area contributed by atoms with Crippen molar-refractivity contribution in [1.82, 2.24) is 5.32 Å². The smallest absolute Gasteiger partial charge is 0.410 e. The molecule has 9 heteroatoms. The van der Waals surface area contributed by atoms with Crippen LogP contribution in [0.25, 0.3) is 0 Å². The van der Waals surface area contributed by atoms with Gasteiger partial charge in [0.2, 0.25) is 6.29 Å². The lowest BCUT2D eigenvalue weighted by Gasteiger charge is -2.23. The SMILES string of the molecule is CC(OC(=O)NC(CCO[PH](C)=O)c1ccc(Cl)cc1)OC(=O)C(C)(C)C. The minimum absolute atomic E-state index is 0.205. The van der Waals surface area contributed by atoms with Crippen molar-refractivity contribution in [3.05, 3.63) is 34.9 Å². The summed E-state index contributed by atoms with van der Waals surface area (Å²) < 4.78 is 26.5. The molecule has 1 aromatic carbocycles. The average molecular weight is 420 g/mol. The number of rotatable bonds is 8. The van der Waals surface area contributed by atoms with Crippen molar-refractivity contribution in [3.8, 4) is 0 Å². The molecule has 0 bridgehead atoms. The lowest BCUT2D eigenvalue weighted by molar-refractivity contribution is -0.174. The van der Waals surface area contributed by atoms with Gasteiger partial charge < -0.3 is 19.3 Å². The van der Waals surface area contributed by atoms with Crippen molar-refractivity contribution in [2.24, 2.45) is 5.41 Å². The Kier molecular flexibility index (Phi) is 9.30. The molecule has 1 aromatic rings. The van der Waals surface area contributed by atoms with Crippen LogP contribution in [-0.2, 0) is 23.4 Å². The Morgan fingerprint density at radius 3 is 2.30 bits per heavy atom.